The van der Waals surface area contributed by atoms with Crippen LogP contribution in [0, 0.1) is 0 Å². The van der Waals surface area contributed by atoms with Crippen LogP contribution < -0.4 is 15.8 Å². The number of nitrogens with two attached hydrogens (primary N) is 1. The number of benzene rings is 1. The fourth-order valence-electron chi connectivity index (χ4n) is 1.93. The second-order valence-electron chi connectivity index (χ2n) is 4.35. The van der Waals surface area contributed by atoms with E-state index in [0.717, 1.165) is 25.7 Å². The van der Waals surface area contributed by atoms with E-state index >= 15 is 0 Å². The number of fused-ring (bicyclic) bond motifs is 1. The molecule has 0 bridgehead atoms. The number of hydrogen-bond donors (Lipinski definition) is 2. The fourth-order valence-corrected chi connectivity index (χ4v) is 1.93. The number of ether oxygens (including phenoxy) is 1. The number of unbranched alkanes of at least 4 members (excludes halogenated alkanes) is 2. The lowest BCUT2D eigenvalue weighted by molar-refractivity contribution is -0.123. The summed E-state index contributed by atoms with van der Waals surface area (Å²) in [5.74, 6) is 0.615. The predicted molar refractivity (Wildman–Crippen MR) is 68.0 cm³/mol. The van der Waals surface area contributed by atoms with Gasteiger partial charge in [-0.15, -0.1) is 0 Å². The smallest absolute Gasteiger partial charge is 0.265 e. The molecule has 1 aromatic carbocycles. The lowest BCUT2D eigenvalue weighted by Gasteiger charge is -2.26. The van der Waals surface area contributed by atoms with Crippen LogP contribution in [0.5, 0.6) is 5.75 Å². The van der Waals surface area contributed by atoms with Crippen LogP contribution in [0.3, 0.4) is 0 Å². The van der Waals surface area contributed by atoms with Crippen molar-refractivity contribution in [2.75, 3.05) is 11.1 Å². The third kappa shape index (κ3) is 2.70. The van der Waals surface area contributed by atoms with Crippen molar-refractivity contribution in [2.24, 2.45) is 0 Å². The zero-order chi connectivity index (χ0) is 12.3. The first-order valence-corrected chi connectivity index (χ1v) is 6.07. The Kier molecular flexibility index (Phi) is 3.52. The van der Waals surface area contributed by atoms with Crippen LogP contribution in [0.4, 0.5) is 11.4 Å². The Morgan fingerprint density at radius 2 is 2.24 bits per heavy atom. The minimum atomic E-state index is -0.379. The monoisotopic (exact) mass is 234 g/mol. The zero-order valence-electron chi connectivity index (χ0n) is 10.0. The minimum absolute atomic E-state index is 0.0571. The maximum absolute atomic E-state index is 11.8. The van der Waals surface area contributed by atoms with Gasteiger partial charge in [0.05, 0.1) is 5.69 Å². The Labute approximate surface area is 101 Å². The summed E-state index contributed by atoms with van der Waals surface area (Å²) in [6, 6.07) is 5.27. The van der Waals surface area contributed by atoms with Gasteiger partial charge in [0.2, 0.25) is 0 Å². The third-order valence-corrected chi connectivity index (χ3v) is 2.90. The maximum Gasteiger partial charge on any atom is 0.265 e. The molecular weight excluding hydrogens is 216 g/mol. The normalized spacial score (nSPS) is 18.2. The molecule has 0 saturated carbocycles. The fraction of sp³-hybridized carbons (Fsp3) is 0.462. The van der Waals surface area contributed by atoms with Gasteiger partial charge >= 0.3 is 0 Å². The molecule has 1 atom stereocenters. The number of carbonyl (C=O) groups is 1. The molecule has 0 saturated heterocycles. The minimum Gasteiger partial charge on any atom is -0.478 e. The Bertz CT molecular complexity index is 418. The number of nitrogen functional groups attached to an aromatic ring is 1. The first kappa shape index (κ1) is 11.8. The van der Waals surface area contributed by atoms with E-state index in [1.807, 2.05) is 0 Å². The Morgan fingerprint density at radius 3 is 3.00 bits per heavy atom. The molecule has 1 aliphatic rings. The first-order chi connectivity index (χ1) is 8.20. The second kappa shape index (κ2) is 5.08. The van der Waals surface area contributed by atoms with Gasteiger partial charge < -0.3 is 15.8 Å². The highest BCUT2D eigenvalue weighted by molar-refractivity contribution is 5.98. The van der Waals surface area contributed by atoms with E-state index in [2.05, 4.69) is 12.2 Å². The van der Waals surface area contributed by atoms with Gasteiger partial charge in [0.25, 0.3) is 5.91 Å². The lowest BCUT2D eigenvalue weighted by Crippen LogP contribution is -2.36. The van der Waals surface area contributed by atoms with E-state index in [1.165, 1.54) is 0 Å². The van der Waals surface area contributed by atoms with Crippen molar-refractivity contribution in [1.29, 1.82) is 0 Å². The number of hydrogen-bond acceptors (Lipinski definition) is 3. The van der Waals surface area contributed by atoms with Gasteiger partial charge in [0.1, 0.15) is 5.75 Å². The van der Waals surface area contributed by atoms with Crippen LogP contribution in [-0.4, -0.2) is 12.0 Å². The van der Waals surface area contributed by atoms with E-state index in [0.29, 0.717) is 17.1 Å². The van der Waals surface area contributed by atoms with Crippen LogP contribution in [0.25, 0.3) is 0 Å². The molecule has 4 nitrogen and oxygen atoms in total. The van der Waals surface area contributed by atoms with Crippen molar-refractivity contribution >= 4 is 17.3 Å². The van der Waals surface area contributed by atoms with Crippen molar-refractivity contribution in [1.82, 2.24) is 0 Å². The molecule has 2 rings (SSSR count). The molecule has 1 amide bonds. The molecule has 0 spiro atoms. The predicted octanol–water partition coefficient (Wildman–Crippen LogP) is 2.55. The lowest BCUT2D eigenvalue weighted by atomic mass is 10.1. The molecule has 0 aliphatic carbocycles. The number of rotatable bonds is 4. The van der Waals surface area contributed by atoms with E-state index < -0.39 is 0 Å². The number of anilines is 2. The Balaban J connectivity index is 2.06. The Morgan fingerprint density at radius 1 is 1.41 bits per heavy atom. The van der Waals surface area contributed by atoms with Crippen LogP contribution >= 0.6 is 0 Å². The molecule has 0 aromatic heterocycles. The highest BCUT2D eigenvalue weighted by atomic mass is 16.5. The van der Waals surface area contributed by atoms with Gasteiger partial charge in [0, 0.05) is 11.8 Å². The number of carbonyl (C=O) groups excluding carboxylic acids is 1. The summed E-state index contributed by atoms with van der Waals surface area (Å²) in [6.45, 7) is 2.14. The summed E-state index contributed by atoms with van der Waals surface area (Å²) in [7, 11) is 0. The molecule has 92 valence electrons. The largest absolute Gasteiger partial charge is 0.478 e. The zero-order valence-corrected chi connectivity index (χ0v) is 10.0. The second-order valence-corrected chi connectivity index (χ2v) is 4.35. The average Bonchev–Trinajstić information content (AvgIpc) is 2.31. The van der Waals surface area contributed by atoms with Crippen molar-refractivity contribution in [3.63, 3.8) is 0 Å². The standard InChI is InChI=1S/C13H18N2O2/c1-2-3-4-5-11-13(16)15-10-7-6-9(14)8-12(10)17-11/h6-8,11H,2-5,14H2,1H3,(H,15,16). The van der Waals surface area contributed by atoms with Crippen molar-refractivity contribution in [2.45, 2.75) is 38.7 Å². The summed E-state index contributed by atoms with van der Waals surface area (Å²) >= 11 is 0. The number of amides is 1. The molecule has 1 aliphatic heterocycles. The molecule has 1 heterocycles. The summed E-state index contributed by atoms with van der Waals surface area (Å²) < 4.78 is 5.68. The molecule has 4 heteroatoms. The molecule has 1 unspecified atom stereocenters. The topological polar surface area (TPSA) is 64.3 Å². The van der Waals surface area contributed by atoms with Gasteiger partial charge in [-0.3, -0.25) is 4.79 Å². The highest BCUT2D eigenvalue weighted by Gasteiger charge is 2.26. The quantitative estimate of drug-likeness (QED) is 0.621. The Hall–Kier alpha value is -1.71. The molecular formula is C13H18N2O2. The van der Waals surface area contributed by atoms with Crippen LogP contribution in [-0.2, 0) is 4.79 Å². The molecule has 0 radical (unpaired) electrons. The van der Waals surface area contributed by atoms with E-state index in [-0.39, 0.29) is 12.0 Å². The SMILES string of the molecule is CCCCCC1Oc2cc(N)ccc2NC1=O. The first-order valence-electron chi connectivity index (χ1n) is 6.07. The van der Waals surface area contributed by atoms with Gasteiger partial charge in [-0.05, 0) is 25.0 Å². The van der Waals surface area contributed by atoms with Crippen LogP contribution in [0.2, 0.25) is 0 Å². The average molecular weight is 234 g/mol. The van der Waals surface area contributed by atoms with Gasteiger partial charge in [-0.2, -0.15) is 0 Å². The van der Waals surface area contributed by atoms with E-state index in [9.17, 15) is 4.79 Å². The van der Waals surface area contributed by atoms with Crippen LogP contribution in [0.15, 0.2) is 18.2 Å². The summed E-state index contributed by atoms with van der Waals surface area (Å²) in [6.07, 6.45) is 3.64. The molecule has 3 N–H and O–H groups in total. The van der Waals surface area contributed by atoms with Gasteiger partial charge in [0.15, 0.2) is 6.10 Å². The van der Waals surface area contributed by atoms with Crippen molar-refractivity contribution in [3.05, 3.63) is 18.2 Å². The van der Waals surface area contributed by atoms with Crippen molar-refractivity contribution < 1.29 is 9.53 Å². The molecule has 17 heavy (non-hydrogen) atoms. The van der Waals surface area contributed by atoms with Gasteiger partial charge in [-0.1, -0.05) is 19.8 Å². The van der Waals surface area contributed by atoms with Crippen molar-refractivity contribution in [3.8, 4) is 5.75 Å². The van der Waals surface area contributed by atoms with E-state index in [4.69, 9.17) is 10.5 Å². The maximum atomic E-state index is 11.8. The molecule has 0 fully saturated rings. The van der Waals surface area contributed by atoms with E-state index in [1.54, 1.807) is 18.2 Å². The summed E-state index contributed by atoms with van der Waals surface area (Å²) in [5, 5.41) is 2.84. The summed E-state index contributed by atoms with van der Waals surface area (Å²) in [4.78, 5) is 11.8. The highest BCUT2D eigenvalue weighted by Crippen LogP contribution is 2.32. The third-order valence-electron chi connectivity index (χ3n) is 2.90. The molecule has 1 aromatic rings. The van der Waals surface area contributed by atoms with Gasteiger partial charge in [-0.25, -0.2) is 0 Å². The van der Waals surface area contributed by atoms with Crippen LogP contribution in [0.1, 0.15) is 32.6 Å². The summed E-state index contributed by atoms with van der Waals surface area (Å²) in [5.41, 5.74) is 7.04. The number of nitrogens with one attached hydrogen (secondary N) is 1.